The van der Waals surface area contributed by atoms with Crippen molar-refractivity contribution in [2.45, 2.75) is 40.2 Å². The van der Waals surface area contributed by atoms with Crippen LogP contribution in [0.4, 0.5) is 20.4 Å². The van der Waals surface area contributed by atoms with Crippen LogP contribution in [0.3, 0.4) is 0 Å². The number of halogens is 2. The number of anilines is 2. The molecule has 152 valence electrons. The zero-order chi connectivity index (χ0) is 20.1. The Kier molecular flexibility index (Phi) is 10.7. The van der Waals surface area contributed by atoms with Crippen molar-refractivity contribution in [2.75, 3.05) is 25.6 Å². The van der Waals surface area contributed by atoms with Crippen molar-refractivity contribution in [3.05, 3.63) is 18.5 Å². The van der Waals surface area contributed by atoms with Gasteiger partial charge < -0.3 is 19.5 Å². The minimum atomic E-state index is -2.92. The van der Waals surface area contributed by atoms with Crippen molar-refractivity contribution in [1.82, 2.24) is 20.2 Å². The van der Waals surface area contributed by atoms with Gasteiger partial charge in [0, 0.05) is 19.3 Å². The quantitative estimate of drug-likeness (QED) is 0.800. The fourth-order valence-corrected chi connectivity index (χ4v) is 1.82. The van der Waals surface area contributed by atoms with E-state index in [9.17, 15) is 8.78 Å². The highest BCUT2D eigenvalue weighted by molar-refractivity contribution is 5.51. The molecule has 0 aromatic carbocycles. The number of rotatable bonds is 5. The molecule has 10 heteroatoms. The maximum absolute atomic E-state index is 11.9. The predicted octanol–water partition coefficient (Wildman–Crippen LogP) is 4.01. The number of alkyl halides is 2. The summed E-state index contributed by atoms with van der Waals surface area (Å²) in [6.45, 7) is 5.52. The molecule has 2 N–H and O–H groups in total. The summed E-state index contributed by atoms with van der Waals surface area (Å²) in [6, 6.07) is 1.27. The summed E-state index contributed by atoms with van der Waals surface area (Å²) in [5, 5.41) is 8.77. The largest absolute Gasteiger partial charge is 0.480 e. The van der Waals surface area contributed by atoms with Crippen molar-refractivity contribution < 1.29 is 23.0 Å². The Morgan fingerprint density at radius 1 is 1.33 bits per heavy atom. The molecule has 3 rings (SSSR count). The minimum Gasteiger partial charge on any atom is -0.480 e. The second-order valence-corrected chi connectivity index (χ2v) is 5.75. The number of hydrogen-bond donors (Lipinski definition) is 2. The number of methoxy groups -OCH3 is 1. The number of aromatic amines is 1. The van der Waals surface area contributed by atoms with Crippen LogP contribution in [0.1, 0.15) is 33.6 Å². The number of aromatic nitrogens is 4. The highest BCUT2D eigenvalue weighted by Crippen LogP contribution is 2.19. The molecule has 1 aliphatic heterocycles. The van der Waals surface area contributed by atoms with Crippen LogP contribution in [0, 0.1) is 5.92 Å². The Hall–Kier alpha value is -2.49. The standard InChI is InChI=1S/C9H9F2N5O2.C5H10O.C3H8/c1-17-8-4-12-3-6(14-8)13-5-2-7(16-15-5)18-9(10)11;1-5-2-3-6-4-5;1-3-2/h2-4,9H,1H3,(H2,13,14,15,16);5H,2-4H2,1H3;3H2,1-2H3. The van der Waals surface area contributed by atoms with Gasteiger partial charge >= 0.3 is 6.61 Å². The van der Waals surface area contributed by atoms with Crippen LogP contribution in [-0.4, -0.2) is 47.1 Å². The first-order valence-corrected chi connectivity index (χ1v) is 8.69. The normalized spacial score (nSPS) is 15.3. The van der Waals surface area contributed by atoms with Crippen molar-refractivity contribution >= 4 is 11.6 Å². The number of hydrogen-bond acceptors (Lipinski definition) is 7. The summed E-state index contributed by atoms with van der Waals surface area (Å²) in [5.41, 5.74) is 0. The van der Waals surface area contributed by atoms with Crippen LogP contribution in [-0.2, 0) is 4.74 Å². The molecule has 3 heterocycles. The summed E-state index contributed by atoms with van der Waals surface area (Å²) < 4.78 is 37.9. The number of nitrogens with zero attached hydrogens (tertiary/aromatic N) is 3. The van der Waals surface area contributed by atoms with Gasteiger partial charge in [-0.05, 0) is 12.3 Å². The van der Waals surface area contributed by atoms with Gasteiger partial charge in [-0.3, -0.25) is 10.1 Å². The predicted molar refractivity (Wildman–Crippen MR) is 97.7 cm³/mol. The Morgan fingerprint density at radius 2 is 2.07 bits per heavy atom. The maximum Gasteiger partial charge on any atom is 0.388 e. The zero-order valence-electron chi connectivity index (χ0n) is 16.0. The third-order valence-electron chi connectivity index (χ3n) is 3.01. The first kappa shape index (κ1) is 22.6. The van der Waals surface area contributed by atoms with Gasteiger partial charge in [-0.2, -0.15) is 13.8 Å². The fraction of sp³-hybridized carbons (Fsp3) is 0.588. The molecule has 0 spiro atoms. The average Bonchev–Trinajstić information content (AvgIpc) is 3.27. The highest BCUT2D eigenvalue weighted by Gasteiger charge is 2.09. The molecule has 0 radical (unpaired) electrons. The molecular formula is C17H27F2N5O3. The van der Waals surface area contributed by atoms with Crippen molar-refractivity contribution in [3.63, 3.8) is 0 Å². The van der Waals surface area contributed by atoms with E-state index in [1.54, 1.807) is 0 Å². The van der Waals surface area contributed by atoms with Crippen LogP contribution < -0.4 is 14.8 Å². The molecule has 0 bridgehead atoms. The summed E-state index contributed by atoms with van der Waals surface area (Å²) in [6.07, 6.45) is 5.39. The van der Waals surface area contributed by atoms with Gasteiger partial charge in [0.25, 0.3) is 0 Å². The highest BCUT2D eigenvalue weighted by atomic mass is 19.3. The fourth-order valence-electron chi connectivity index (χ4n) is 1.82. The molecule has 1 aliphatic rings. The molecule has 2 aromatic rings. The molecule has 2 aromatic heterocycles. The Bertz CT molecular complexity index is 637. The summed E-state index contributed by atoms with van der Waals surface area (Å²) in [4.78, 5) is 7.90. The van der Waals surface area contributed by atoms with E-state index >= 15 is 0 Å². The Balaban J connectivity index is 0.000000335. The van der Waals surface area contributed by atoms with E-state index in [0.29, 0.717) is 17.5 Å². The van der Waals surface area contributed by atoms with E-state index in [2.05, 4.69) is 51.0 Å². The summed E-state index contributed by atoms with van der Waals surface area (Å²) in [5.74, 6) is 1.65. The number of H-pyrrole nitrogens is 1. The minimum absolute atomic E-state index is 0.219. The van der Waals surface area contributed by atoms with Crippen molar-refractivity contribution in [3.8, 4) is 11.8 Å². The van der Waals surface area contributed by atoms with Crippen molar-refractivity contribution in [2.24, 2.45) is 5.92 Å². The molecule has 1 atom stereocenters. The van der Waals surface area contributed by atoms with Crippen LogP contribution in [0.2, 0.25) is 0 Å². The Morgan fingerprint density at radius 3 is 2.59 bits per heavy atom. The average molecular weight is 387 g/mol. The molecule has 1 unspecified atom stereocenters. The monoisotopic (exact) mass is 387 g/mol. The van der Waals surface area contributed by atoms with Gasteiger partial charge in [0.1, 0.15) is 5.82 Å². The number of nitrogens with one attached hydrogen (secondary N) is 2. The van der Waals surface area contributed by atoms with E-state index < -0.39 is 6.61 Å². The van der Waals surface area contributed by atoms with Gasteiger partial charge in [-0.25, -0.2) is 0 Å². The van der Waals surface area contributed by atoms with Gasteiger partial charge in [-0.1, -0.05) is 27.2 Å². The SMILES string of the molecule is CC1CCOC1.CCC.COc1cncc(Nc2cc(OC(F)F)n[nH]2)n1. The second kappa shape index (κ2) is 12.8. The summed E-state index contributed by atoms with van der Waals surface area (Å²) >= 11 is 0. The molecule has 1 fully saturated rings. The van der Waals surface area contributed by atoms with Crippen LogP contribution in [0.15, 0.2) is 18.5 Å². The smallest absolute Gasteiger partial charge is 0.388 e. The molecule has 0 saturated carbocycles. The molecule has 0 aliphatic carbocycles. The van der Waals surface area contributed by atoms with Gasteiger partial charge in [0.15, 0.2) is 5.82 Å². The van der Waals surface area contributed by atoms with Gasteiger partial charge in [-0.15, -0.1) is 5.10 Å². The van der Waals surface area contributed by atoms with E-state index in [4.69, 9.17) is 9.47 Å². The lowest BCUT2D eigenvalue weighted by Gasteiger charge is -2.03. The van der Waals surface area contributed by atoms with Crippen LogP contribution in [0.25, 0.3) is 0 Å². The first-order chi connectivity index (χ1) is 13.0. The molecule has 1 saturated heterocycles. The van der Waals surface area contributed by atoms with Crippen LogP contribution >= 0.6 is 0 Å². The molecule has 27 heavy (non-hydrogen) atoms. The zero-order valence-corrected chi connectivity index (χ0v) is 16.0. The second-order valence-electron chi connectivity index (χ2n) is 5.75. The molecule has 8 nitrogen and oxygen atoms in total. The lowest BCUT2D eigenvalue weighted by molar-refractivity contribution is -0.0528. The summed E-state index contributed by atoms with van der Waals surface area (Å²) in [7, 11) is 1.46. The van der Waals surface area contributed by atoms with Crippen LogP contribution in [0.5, 0.6) is 11.8 Å². The molecular weight excluding hydrogens is 360 g/mol. The lowest BCUT2D eigenvalue weighted by atomic mass is 10.2. The first-order valence-electron chi connectivity index (χ1n) is 8.69. The number of ether oxygens (including phenoxy) is 3. The topological polar surface area (TPSA) is 94.2 Å². The Labute approximate surface area is 157 Å². The van der Waals surface area contributed by atoms with E-state index in [-0.39, 0.29) is 5.88 Å². The van der Waals surface area contributed by atoms with E-state index in [0.717, 1.165) is 19.1 Å². The van der Waals surface area contributed by atoms with Crippen molar-refractivity contribution in [1.29, 1.82) is 0 Å². The third-order valence-corrected chi connectivity index (χ3v) is 3.01. The van der Waals surface area contributed by atoms with E-state index in [1.165, 1.54) is 38.4 Å². The molecule has 0 amide bonds. The van der Waals surface area contributed by atoms with Gasteiger partial charge in [0.2, 0.25) is 11.8 Å². The maximum atomic E-state index is 11.9. The van der Waals surface area contributed by atoms with Gasteiger partial charge in [0.05, 0.1) is 19.5 Å². The third kappa shape index (κ3) is 9.69. The lowest BCUT2D eigenvalue weighted by Crippen LogP contribution is -2.01. The van der Waals surface area contributed by atoms with E-state index in [1.807, 2.05) is 0 Å².